The van der Waals surface area contributed by atoms with Gasteiger partial charge >= 0.3 is 0 Å². The van der Waals surface area contributed by atoms with Gasteiger partial charge in [0.2, 0.25) is 5.91 Å². The zero-order valence-corrected chi connectivity index (χ0v) is 18.7. The molecule has 0 spiro atoms. The van der Waals surface area contributed by atoms with Crippen LogP contribution >= 0.6 is 11.3 Å². The van der Waals surface area contributed by atoms with Crippen molar-refractivity contribution in [3.63, 3.8) is 0 Å². The highest BCUT2D eigenvalue weighted by Gasteiger charge is 2.21. The SMILES string of the molecule is CCOc1cccc2sc(N(CCC[NH+](C)C)C(=O)CCOc3ccccc3)nc12. The summed E-state index contributed by atoms with van der Waals surface area (Å²) in [6.45, 7) is 4.50. The van der Waals surface area contributed by atoms with Crippen LogP contribution in [0.25, 0.3) is 10.2 Å². The second-order valence-electron chi connectivity index (χ2n) is 7.30. The van der Waals surface area contributed by atoms with Gasteiger partial charge in [0.05, 0.1) is 45.0 Å². The summed E-state index contributed by atoms with van der Waals surface area (Å²) in [5.41, 5.74) is 0.816. The number of nitrogens with one attached hydrogen (secondary N) is 1. The molecule has 0 saturated heterocycles. The maximum atomic E-state index is 13.1. The number of carbonyl (C=O) groups excluding carboxylic acids is 1. The normalized spacial score (nSPS) is 11.1. The third-order valence-corrected chi connectivity index (χ3v) is 5.63. The van der Waals surface area contributed by atoms with E-state index in [1.165, 1.54) is 16.2 Å². The molecule has 160 valence electrons. The van der Waals surface area contributed by atoms with Crippen molar-refractivity contribution >= 4 is 32.6 Å². The Morgan fingerprint density at radius 1 is 1.10 bits per heavy atom. The van der Waals surface area contributed by atoms with E-state index in [0.717, 1.165) is 39.8 Å². The van der Waals surface area contributed by atoms with Gasteiger partial charge in [-0.2, -0.15) is 0 Å². The van der Waals surface area contributed by atoms with Crippen molar-refractivity contribution in [2.24, 2.45) is 0 Å². The van der Waals surface area contributed by atoms with Crippen LogP contribution in [0.4, 0.5) is 5.13 Å². The van der Waals surface area contributed by atoms with Crippen LogP contribution in [0.15, 0.2) is 48.5 Å². The Morgan fingerprint density at radius 3 is 2.63 bits per heavy atom. The van der Waals surface area contributed by atoms with Crippen LogP contribution in [0.1, 0.15) is 19.8 Å². The summed E-state index contributed by atoms with van der Waals surface area (Å²) in [6, 6.07) is 15.5. The van der Waals surface area contributed by atoms with Crippen LogP contribution in [0.2, 0.25) is 0 Å². The Balaban J connectivity index is 1.75. The molecule has 1 aromatic heterocycles. The first-order chi connectivity index (χ1) is 14.6. The topological polar surface area (TPSA) is 56.1 Å². The summed E-state index contributed by atoms with van der Waals surface area (Å²) in [5, 5.41) is 0.718. The maximum absolute atomic E-state index is 13.1. The van der Waals surface area contributed by atoms with E-state index in [4.69, 9.17) is 14.5 Å². The summed E-state index contributed by atoms with van der Waals surface area (Å²) in [4.78, 5) is 21.0. The number of hydrogen-bond acceptors (Lipinski definition) is 5. The van der Waals surface area contributed by atoms with Crippen LogP contribution in [0.5, 0.6) is 11.5 Å². The number of rotatable bonds is 11. The van der Waals surface area contributed by atoms with Gasteiger partial charge in [0.1, 0.15) is 17.0 Å². The number of para-hydroxylation sites is 2. The molecule has 0 aliphatic rings. The molecule has 6 nitrogen and oxygen atoms in total. The second kappa shape index (κ2) is 10.9. The fourth-order valence-corrected chi connectivity index (χ4v) is 4.15. The first kappa shape index (κ1) is 22.1. The summed E-state index contributed by atoms with van der Waals surface area (Å²) in [5.74, 6) is 1.56. The Bertz CT molecular complexity index is 943. The average molecular weight is 429 g/mol. The van der Waals surface area contributed by atoms with Gasteiger partial charge in [-0.15, -0.1) is 0 Å². The molecule has 2 aromatic carbocycles. The molecule has 0 aliphatic heterocycles. The molecular formula is C23H30N3O3S+. The number of aromatic nitrogens is 1. The van der Waals surface area contributed by atoms with Gasteiger partial charge in [-0.1, -0.05) is 35.6 Å². The van der Waals surface area contributed by atoms with Crippen molar-refractivity contribution < 1.29 is 19.2 Å². The number of quaternary nitrogens is 1. The lowest BCUT2D eigenvalue weighted by molar-refractivity contribution is -0.858. The summed E-state index contributed by atoms with van der Waals surface area (Å²) >= 11 is 1.53. The van der Waals surface area contributed by atoms with E-state index in [1.807, 2.05) is 55.5 Å². The fourth-order valence-electron chi connectivity index (χ4n) is 3.12. The van der Waals surface area contributed by atoms with Crippen molar-refractivity contribution in [1.29, 1.82) is 0 Å². The van der Waals surface area contributed by atoms with E-state index in [0.29, 0.717) is 26.2 Å². The largest absolute Gasteiger partial charge is 0.493 e. The molecule has 1 N–H and O–H groups in total. The van der Waals surface area contributed by atoms with Crippen LogP contribution in [0.3, 0.4) is 0 Å². The summed E-state index contributed by atoms with van der Waals surface area (Å²) in [7, 11) is 4.23. The van der Waals surface area contributed by atoms with Crippen molar-refractivity contribution in [2.75, 3.05) is 45.3 Å². The number of fused-ring (bicyclic) bond motifs is 1. The molecule has 0 unspecified atom stereocenters. The first-order valence-corrected chi connectivity index (χ1v) is 11.2. The van der Waals surface area contributed by atoms with Crippen molar-refractivity contribution in [3.05, 3.63) is 48.5 Å². The van der Waals surface area contributed by atoms with E-state index in [-0.39, 0.29) is 5.91 Å². The number of anilines is 1. The molecule has 30 heavy (non-hydrogen) atoms. The van der Waals surface area contributed by atoms with Gasteiger partial charge in [-0.05, 0) is 31.2 Å². The van der Waals surface area contributed by atoms with Crippen molar-refractivity contribution in [2.45, 2.75) is 19.8 Å². The minimum atomic E-state index is 0.0247. The summed E-state index contributed by atoms with van der Waals surface area (Å²) < 4.78 is 12.5. The molecule has 0 aliphatic carbocycles. The predicted octanol–water partition coefficient (Wildman–Crippen LogP) is 3.03. The third kappa shape index (κ3) is 5.93. The van der Waals surface area contributed by atoms with Crippen molar-refractivity contribution in [3.8, 4) is 11.5 Å². The molecule has 0 radical (unpaired) electrons. The third-order valence-electron chi connectivity index (χ3n) is 4.59. The van der Waals surface area contributed by atoms with Gasteiger partial charge < -0.3 is 14.4 Å². The molecule has 0 atom stereocenters. The number of hydrogen-bond donors (Lipinski definition) is 1. The predicted molar refractivity (Wildman–Crippen MR) is 122 cm³/mol. The molecule has 1 heterocycles. The molecule has 0 bridgehead atoms. The lowest BCUT2D eigenvalue weighted by Gasteiger charge is -2.20. The minimum absolute atomic E-state index is 0.0247. The first-order valence-electron chi connectivity index (χ1n) is 10.4. The Labute approximate surface area is 182 Å². The number of benzene rings is 2. The van der Waals surface area contributed by atoms with Crippen molar-refractivity contribution in [1.82, 2.24) is 4.98 Å². The second-order valence-corrected chi connectivity index (χ2v) is 8.31. The van der Waals surface area contributed by atoms with E-state index in [1.54, 1.807) is 4.90 Å². The molecular weight excluding hydrogens is 398 g/mol. The van der Waals surface area contributed by atoms with Crippen LogP contribution in [0, 0.1) is 0 Å². The van der Waals surface area contributed by atoms with E-state index in [2.05, 4.69) is 14.1 Å². The van der Waals surface area contributed by atoms with Gasteiger partial charge in [-0.25, -0.2) is 4.98 Å². The minimum Gasteiger partial charge on any atom is -0.493 e. The Hall–Kier alpha value is -2.64. The van der Waals surface area contributed by atoms with Gasteiger partial charge in [0.15, 0.2) is 5.13 Å². The fraction of sp³-hybridized carbons (Fsp3) is 0.391. The number of amides is 1. The van der Waals surface area contributed by atoms with Crippen LogP contribution in [-0.4, -0.2) is 51.3 Å². The van der Waals surface area contributed by atoms with E-state index < -0.39 is 0 Å². The molecule has 1 amide bonds. The standard InChI is InChI=1S/C23H29N3O3S/c1-4-28-19-12-8-13-20-22(19)24-23(30-20)26(16-9-15-25(2)3)21(27)14-17-29-18-10-6-5-7-11-18/h5-8,10-13H,4,9,14-17H2,1-3H3/p+1. The number of thiazole rings is 1. The lowest BCUT2D eigenvalue weighted by Crippen LogP contribution is -3.05. The van der Waals surface area contributed by atoms with Crippen LogP contribution in [-0.2, 0) is 4.79 Å². The Morgan fingerprint density at radius 2 is 1.90 bits per heavy atom. The molecule has 0 saturated carbocycles. The maximum Gasteiger partial charge on any atom is 0.232 e. The number of ether oxygens (including phenoxy) is 2. The highest BCUT2D eigenvalue weighted by Crippen LogP contribution is 2.34. The zero-order valence-electron chi connectivity index (χ0n) is 17.9. The van der Waals surface area contributed by atoms with Gasteiger partial charge in [0.25, 0.3) is 0 Å². The Kier molecular flexibility index (Phi) is 8.04. The lowest BCUT2D eigenvalue weighted by atomic mass is 10.3. The molecule has 3 aromatic rings. The van der Waals surface area contributed by atoms with Gasteiger partial charge in [0, 0.05) is 13.0 Å². The molecule has 3 rings (SSSR count). The summed E-state index contributed by atoms with van der Waals surface area (Å²) in [6.07, 6.45) is 1.21. The highest BCUT2D eigenvalue weighted by molar-refractivity contribution is 7.22. The number of nitrogens with zero attached hydrogens (tertiary/aromatic N) is 2. The van der Waals surface area contributed by atoms with E-state index >= 15 is 0 Å². The number of carbonyl (C=O) groups is 1. The van der Waals surface area contributed by atoms with Crippen LogP contribution < -0.4 is 19.3 Å². The molecule has 0 fully saturated rings. The average Bonchev–Trinajstić information content (AvgIpc) is 3.17. The molecule has 7 heteroatoms. The quantitative estimate of drug-likeness (QED) is 0.510. The zero-order chi connectivity index (χ0) is 21.3. The smallest absolute Gasteiger partial charge is 0.232 e. The highest BCUT2D eigenvalue weighted by atomic mass is 32.1. The van der Waals surface area contributed by atoms with E-state index in [9.17, 15) is 4.79 Å². The monoisotopic (exact) mass is 428 g/mol. The van der Waals surface area contributed by atoms with Gasteiger partial charge in [-0.3, -0.25) is 9.69 Å².